The van der Waals surface area contributed by atoms with Crippen molar-refractivity contribution in [3.8, 4) is 0 Å². The molecule has 0 aliphatic heterocycles. The average molecular weight is 178 g/mol. The Labute approximate surface area is 71.0 Å². The molecule has 0 aromatic rings. The van der Waals surface area contributed by atoms with Crippen LogP contribution in [0.1, 0.15) is 12.8 Å². The molecule has 0 aromatic carbocycles. The third-order valence-corrected chi connectivity index (χ3v) is 1.66. The predicted octanol–water partition coefficient (Wildman–Crippen LogP) is -0.435. The van der Waals surface area contributed by atoms with Crippen molar-refractivity contribution < 1.29 is 13.9 Å². The molecule has 0 aliphatic rings. The van der Waals surface area contributed by atoms with Crippen molar-refractivity contribution >= 4 is 5.97 Å². The molecule has 4 N–H and O–H groups in total. The van der Waals surface area contributed by atoms with Crippen molar-refractivity contribution in [2.75, 3.05) is 20.3 Å². The van der Waals surface area contributed by atoms with Crippen LogP contribution in [0.25, 0.3) is 0 Å². The molecular formula is C7H15FN2O2. The lowest BCUT2D eigenvalue weighted by molar-refractivity contribution is -0.148. The van der Waals surface area contributed by atoms with Gasteiger partial charge in [-0.2, -0.15) is 0 Å². The van der Waals surface area contributed by atoms with Crippen LogP contribution in [0.4, 0.5) is 4.39 Å². The fourth-order valence-electron chi connectivity index (χ4n) is 0.844. The number of alkyl halides is 1. The smallest absolute Gasteiger partial charge is 0.328 e. The van der Waals surface area contributed by atoms with Crippen LogP contribution in [0.5, 0.6) is 0 Å². The summed E-state index contributed by atoms with van der Waals surface area (Å²) >= 11 is 0. The van der Waals surface area contributed by atoms with Crippen LogP contribution in [0, 0.1) is 0 Å². The summed E-state index contributed by atoms with van der Waals surface area (Å²) in [5.41, 5.74) is 9.13. The molecule has 0 aromatic heterocycles. The van der Waals surface area contributed by atoms with Gasteiger partial charge in [0.1, 0.15) is 12.2 Å². The van der Waals surface area contributed by atoms with Gasteiger partial charge in [-0.05, 0) is 19.4 Å². The van der Waals surface area contributed by atoms with Crippen LogP contribution in [0.3, 0.4) is 0 Å². The minimum absolute atomic E-state index is 0.215. The predicted molar refractivity (Wildman–Crippen MR) is 43.2 cm³/mol. The number of nitrogens with two attached hydrogens (primary N) is 2. The fourth-order valence-corrected chi connectivity index (χ4v) is 0.844. The summed E-state index contributed by atoms with van der Waals surface area (Å²) in [5, 5.41) is 0. The molecule has 0 aliphatic carbocycles. The van der Waals surface area contributed by atoms with Crippen molar-refractivity contribution in [1.82, 2.24) is 0 Å². The highest BCUT2D eigenvalue weighted by atomic mass is 19.1. The van der Waals surface area contributed by atoms with Crippen molar-refractivity contribution in [3.63, 3.8) is 0 Å². The van der Waals surface area contributed by atoms with Gasteiger partial charge in [0.25, 0.3) is 0 Å². The number of esters is 1. The summed E-state index contributed by atoms with van der Waals surface area (Å²) < 4.78 is 16.7. The quantitative estimate of drug-likeness (QED) is 0.560. The second-order valence-corrected chi connectivity index (χ2v) is 2.67. The van der Waals surface area contributed by atoms with E-state index < -0.39 is 18.2 Å². The Kier molecular flexibility index (Phi) is 4.77. The van der Waals surface area contributed by atoms with Crippen LogP contribution in [0.15, 0.2) is 0 Å². The first-order valence-electron chi connectivity index (χ1n) is 3.74. The highest BCUT2D eigenvalue weighted by Gasteiger charge is 2.34. The fraction of sp³-hybridized carbons (Fsp3) is 0.857. The van der Waals surface area contributed by atoms with E-state index in [4.69, 9.17) is 11.5 Å². The Morgan fingerprint density at radius 2 is 2.25 bits per heavy atom. The largest absolute Gasteiger partial charge is 0.468 e. The van der Waals surface area contributed by atoms with Gasteiger partial charge in [-0.25, -0.2) is 9.18 Å². The van der Waals surface area contributed by atoms with Crippen LogP contribution in [-0.2, 0) is 9.53 Å². The van der Waals surface area contributed by atoms with E-state index in [1.807, 2.05) is 0 Å². The highest BCUT2D eigenvalue weighted by molar-refractivity contribution is 5.80. The Morgan fingerprint density at radius 3 is 2.58 bits per heavy atom. The molecule has 0 radical (unpaired) electrons. The Morgan fingerprint density at radius 1 is 1.67 bits per heavy atom. The molecule has 0 saturated carbocycles. The Balaban J connectivity index is 4.13. The van der Waals surface area contributed by atoms with Gasteiger partial charge in [-0.15, -0.1) is 0 Å². The first-order chi connectivity index (χ1) is 5.60. The topological polar surface area (TPSA) is 78.3 Å². The summed E-state index contributed by atoms with van der Waals surface area (Å²) in [4.78, 5) is 10.9. The molecule has 0 rings (SSSR count). The summed E-state index contributed by atoms with van der Waals surface area (Å²) in [6.07, 6.45) is 0.724. The number of carbonyl (C=O) groups is 1. The van der Waals surface area contributed by atoms with E-state index in [-0.39, 0.29) is 6.42 Å². The molecule has 0 spiro atoms. The molecule has 1 unspecified atom stereocenters. The SMILES string of the molecule is COC(=O)C(N)(CF)CCCN. The minimum Gasteiger partial charge on any atom is -0.468 e. The van der Waals surface area contributed by atoms with E-state index in [1.54, 1.807) is 0 Å². The van der Waals surface area contributed by atoms with Gasteiger partial charge in [0.05, 0.1) is 7.11 Å². The van der Waals surface area contributed by atoms with E-state index in [0.717, 1.165) is 0 Å². The van der Waals surface area contributed by atoms with Gasteiger partial charge in [0, 0.05) is 0 Å². The first-order valence-corrected chi connectivity index (χ1v) is 3.74. The van der Waals surface area contributed by atoms with Crippen LogP contribution >= 0.6 is 0 Å². The second-order valence-electron chi connectivity index (χ2n) is 2.67. The second kappa shape index (κ2) is 5.05. The average Bonchev–Trinajstić information content (AvgIpc) is 2.12. The number of rotatable bonds is 5. The summed E-state index contributed by atoms with van der Waals surface area (Å²) in [7, 11) is 1.18. The number of hydrogen-bond acceptors (Lipinski definition) is 4. The van der Waals surface area contributed by atoms with Crippen molar-refractivity contribution in [2.24, 2.45) is 11.5 Å². The lowest BCUT2D eigenvalue weighted by atomic mass is 9.96. The molecular weight excluding hydrogens is 163 g/mol. The van der Waals surface area contributed by atoms with E-state index >= 15 is 0 Å². The highest BCUT2D eigenvalue weighted by Crippen LogP contribution is 2.11. The monoisotopic (exact) mass is 178 g/mol. The summed E-state index contributed by atoms with van der Waals surface area (Å²) in [6.45, 7) is -0.532. The number of hydrogen-bond donors (Lipinski definition) is 2. The maximum absolute atomic E-state index is 12.3. The zero-order valence-electron chi connectivity index (χ0n) is 7.18. The van der Waals surface area contributed by atoms with Crippen molar-refractivity contribution in [1.29, 1.82) is 0 Å². The summed E-state index contributed by atoms with van der Waals surface area (Å²) in [6, 6.07) is 0. The van der Waals surface area contributed by atoms with Crippen molar-refractivity contribution in [3.05, 3.63) is 0 Å². The van der Waals surface area contributed by atoms with E-state index in [2.05, 4.69) is 4.74 Å². The maximum atomic E-state index is 12.3. The molecule has 72 valence electrons. The standard InChI is InChI=1S/C7H15FN2O2/c1-12-6(11)7(10,5-8)3-2-4-9/h2-5,9-10H2,1H3. The Hall–Kier alpha value is -0.680. The van der Waals surface area contributed by atoms with Gasteiger partial charge in [0.15, 0.2) is 0 Å². The van der Waals surface area contributed by atoms with Crippen LogP contribution < -0.4 is 11.5 Å². The van der Waals surface area contributed by atoms with Gasteiger partial charge in [-0.1, -0.05) is 0 Å². The summed E-state index contributed by atoms with van der Waals surface area (Å²) in [5.74, 6) is -0.724. The third kappa shape index (κ3) is 2.75. The van der Waals surface area contributed by atoms with Crippen LogP contribution in [-0.4, -0.2) is 31.8 Å². The number of halogens is 1. The van der Waals surface area contributed by atoms with E-state index in [0.29, 0.717) is 13.0 Å². The zero-order valence-corrected chi connectivity index (χ0v) is 7.18. The number of ether oxygens (including phenoxy) is 1. The molecule has 12 heavy (non-hydrogen) atoms. The minimum atomic E-state index is -1.51. The molecule has 0 saturated heterocycles. The van der Waals surface area contributed by atoms with Gasteiger partial charge in [0.2, 0.25) is 0 Å². The molecule has 0 fully saturated rings. The third-order valence-electron chi connectivity index (χ3n) is 1.66. The number of methoxy groups -OCH3 is 1. The molecule has 1 atom stereocenters. The molecule has 5 heteroatoms. The van der Waals surface area contributed by atoms with Gasteiger partial charge in [-0.3, -0.25) is 0 Å². The molecule has 0 heterocycles. The number of carbonyl (C=O) groups excluding carboxylic acids is 1. The lowest BCUT2D eigenvalue weighted by Crippen LogP contribution is -2.51. The van der Waals surface area contributed by atoms with E-state index in [1.165, 1.54) is 7.11 Å². The Bertz CT molecular complexity index is 154. The molecule has 4 nitrogen and oxygen atoms in total. The molecule has 0 amide bonds. The zero-order chi connectivity index (χ0) is 9.61. The lowest BCUT2D eigenvalue weighted by Gasteiger charge is -2.22. The van der Waals surface area contributed by atoms with Gasteiger partial charge >= 0.3 is 5.97 Å². The first kappa shape index (κ1) is 11.3. The van der Waals surface area contributed by atoms with Gasteiger partial charge < -0.3 is 16.2 Å². The van der Waals surface area contributed by atoms with E-state index in [9.17, 15) is 9.18 Å². The van der Waals surface area contributed by atoms with Crippen LogP contribution in [0.2, 0.25) is 0 Å². The van der Waals surface area contributed by atoms with Crippen molar-refractivity contribution in [2.45, 2.75) is 18.4 Å². The maximum Gasteiger partial charge on any atom is 0.328 e. The normalized spacial score (nSPS) is 15.3. The molecule has 0 bridgehead atoms.